The topological polar surface area (TPSA) is 98.8 Å². The van der Waals surface area contributed by atoms with Crippen LogP contribution in [-0.2, 0) is 9.59 Å². The highest BCUT2D eigenvalue weighted by Crippen LogP contribution is 2.36. The molecule has 2 aliphatic heterocycles. The number of rotatable bonds is 6. The van der Waals surface area contributed by atoms with E-state index in [4.69, 9.17) is 4.74 Å². The van der Waals surface area contributed by atoms with Crippen LogP contribution in [0.2, 0.25) is 0 Å². The van der Waals surface area contributed by atoms with E-state index in [0.29, 0.717) is 43.0 Å². The number of fused-ring (bicyclic) bond motifs is 1. The lowest BCUT2D eigenvalue weighted by Gasteiger charge is -2.29. The Morgan fingerprint density at radius 1 is 1.23 bits per heavy atom. The lowest BCUT2D eigenvalue weighted by Crippen LogP contribution is -2.46. The number of ether oxygens (including phenoxy) is 1. The van der Waals surface area contributed by atoms with E-state index in [1.54, 1.807) is 19.4 Å². The number of aromatic nitrogens is 2. The van der Waals surface area contributed by atoms with E-state index in [-0.39, 0.29) is 18.3 Å². The van der Waals surface area contributed by atoms with Crippen LogP contribution in [0.1, 0.15) is 25.0 Å². The maximum Gasteiger partial charge on any atom is 0.326 e. The predicted octanol–water partition coefficient (Wildman–Crippen LogP) is 3.54. The number of nitrogens with zero attached hydrogens (tertiary/aromatic N) is 3. The van der Waals surface area contributed by atoms with Gasteiger partial charge in [0, 0.05) is 42.5 Å². The number of aromatic amines is 1. The van der Waals surface area contributed by atoms with Crippen molar-refractivity contribution in [3.63, 3.8) is 0 Å². The summed E-state index contributed by atoms with van der Waals surface area (Å²) in [6.45, 7) is 2.01. The average molecular weight is 479 g/mol. The van der Waals surface area contributed by atoms with Crippen LogP contribution in [0.4, 0.5) is 4.39 Å². The fourth-order valence-corrected chi connectivity index (χ4v) is 5.03. The van der Waals surface area contributed by atoms with Crippen LogP contribution in [0.5, 0.6) is 5.75 Å². The molecule has 1 aromatic carbocycles. The molecule has 1 amide bonds. The second-order valence-corrected chi connectivity index (χ2v) is 8.95. The molecule has 0 aliphatic carbocycles. The van der Waals surface area contributed by atoms with Crippen LogP contribution in [0, 0.1) is 5.82 Å². The molecule has 4 heterocycles. The number of H-pyrrole nitrogens is 1. The summed E-state index contributed by atoms with van der Waals surface area (Å²) in [6.07, 6.45) is 5.75. The van der Waals surface area contributed by atoms with Gasteiger partial charge in [0.25, 0.3) is 0 Å². The molecule has 0 radical (unpaired) electrons. The summed E-state index contributed by atoms with van der Waals surface area (Å²) in [5, 5.41) is 10.2. The molecule has 2 N–H and O–H groups in total. The number of amides is 1. The first-order chi connectivity index (χ1) is 16.9. The highest BCUT2D eigenvalue weighted by atomic mass is 19.1. The van der Waals surface area contributed by atoms with Gasteiger partial charge in [-0.15, -0.1) is 0 Å². The van der Waals surface area contributed by atoms with Gasteiger partial charge in [-0.2, -0.15) is 0 Å². The Morgan fingerprint density at radius 2 is 2.09 bits per heavy atom. The van der Waals surface area contributed by atoms with Crippen molar-refractivity contribution in [2.24, 2.45) is 0 Å². The second kappa shape index (κ2) is 9.50. The maximum absolute atomic E-state index is 14.0. The first-order valence-corrected chi connectivity index (χ1v) is 11.7. The number of carbonyl (C=O) groups excluding carboxylic acids is 1. The van der Waals surface area contributed by atoms with E-state index in [2.05, 4.69) is 16.0 Å². The average Bonchev–Trinajstić information content (AvgIpc) is 3.52. The summed E-state index contributed by atoms with van der Waals surface area (Å²) >= 11 is 0. The van der Waals surface area contributed by atoms with Gasteiger partial charge in [0.15, 0.2) is 0 Å². The number of carbonyl (C=O) groups is 2. The fraction of sp³-hybridized carbons (Fsp3) is 0.346. The number of hydrogen-bond donors (Lipinski definition) is 2. The van der Waals surface area contributed by atoms with Crippen molar-refractivity contribution in [1.29, 1.82) is 0 Å². The Bertz CT molecular complexity index is 1320. The number of hydrogen-bond acceptors (Lipinski definition) is 5. The standard InChI is InChI=1S/C26H27FN4O4/c1-35-23-5-4-17(27)13-19(23)18-6-9-28-25-20(18)14-21(29-25)16-7-11-30(12-8-16)15-24(32)31-10-2-3-22(31)26(33)34/h4-7,9,13-14,22H,2-3,8,10-12,15H2,1H3,(H,28,29)(H,33,34)/t22-/m0/s1. The van der Waals surface area contributed by atoms with Crippen molar-refractivity contribution < 1.29 is 23.8 Å². The molecule has 1 fully saturated rings. The predicted molar refractivity (Wildman–Crippen MR) is 129 cm³/mol. The Kier molecular flexibility index (Phi) is 6.25. The molecular weight excluding hydrogens is 451 g/mol. The Balaban J connectivity index is 1.34. The zero-order chi connectivity index (χ0) is 24.5. The van der Waals surface area contributed by atoms with Gasteiger partial charge < -0.3 is 19.7 Å². The number of carboxylic acids is 1. The quantitative estimate of drug-likeness (QED) is 0.562. The minimum atomic E-state index is -0.931. The van der Waals surface area contributed by atoms with E-state index in [1.807, 2.05) is 17.0 Å². The summed E-state index contributed by atoms with van der Waals surface area (Å²) in [4.78, 5) is 35.4. The molecule has 0 saturated carbocycles. The molecular formula is C26H27FN4O4. The van der Waals surface area contributed by atoms with Gasteiger partial charge in [0.05, 0.1) is 13.7 Å². The number of carboxylic acid groups (broad SMARTS) is 1. The highest BCUT2D eigenvalue weighted by Gasteiger charge is 2.34. The van der Waals surface area contributed by atoms with Gasteiger partial charge in [-0.25, -0.2) is 14.2 Å². The largest absolute Gasteiger partial charge is 0.496 e. The molecule has 2 aliphatic rings. The molecule has 1 atom stereocenters. The van der Waals surface area contributed by atoms with E-state index in [9.17, 15) is 19.1 Å². The molecule has 0 bridgehead atoms. The number of pyridine rings is 1. The Morgan fingerprint density at radius 3 is 2.83 bits per heavy atom. The number of aliphatic carboxylic acids is 1. The van der Waals surface area contributed by atoms with Crippen molar-refractivity contribution >= 4 is 28.5 Å². The molecule has 5 rings (SSSR count). The Labute approximate surface area is 202 Å². The van der Waals surface area contributed by atoms with E-state index in [1.165, 1.54) is 17.0 Å². The van der Waals surface area contributed by atoms with E-state index < -0.39 is 12.0 Å². The number of nitrogens with one attached hydrogen (secondary N) is 1. The van der Waals surface area contributed by atoms with Gasteiger partial charge >= 0.3 is 5.97 Å². The zero-order valence-electron chi connectivity index (χ0n) is 19.5. The van der Waals surface area contributed by atoms with Crippen molar-refractivity contribution in [2.45, 2.75) is 25.3 Å². The molecule has 0 spiro atoms. The summed E-state index contributed by atoms with van der Waals surface area (Å²) < 4.78 is 19.5. The number of methoxy groups -OCH3 is 1. The maximum atomic E-state index is 14.0. The molecule has 3 aromatic rings. The zero-order valence-corrected chi connectivity index (χ0v) is 19.5. The summed E-state index contributed by atoms with van der Waals surface area (Å²) in [7, 11) is 1.56. The third-order valence-electron chi connectivity index (χ3n) is 6.84. The van der Waals surface area contributed by atoms with Gasteiger partial charge in [0.2, 0.25) is 5.91 Å². The van der Waals surface area contributed by atoms with Crippen LogP contribution >= 0.6 is 0 Å². The molecule has 1 saturated heterocycles. The van der Waals surface area contributed by atoms with Crippen LogP contribution in [0.15, 0.2) is 42.6 Å². The van der Waals surface area contributed by atoms with E-state index >= 15 is 0 Å². The monoisotopic (exact) mass is 478 g/mol. The molecule has 2 aromatic heterocycles. The number of benzene rings is 1. The lowest BCUT2D eigenvalue weighted by atomic mass is 10.0. The third kappa shape index (κ3) is 4.51. The van der Waals surface area contributed by atoms with Crippen molar-refractivity contribution in [3.8, 4) is 16.9 Å². The van der Waals surface area contributed by atoms with Crippen LogP contribution in [0.3, 0.4) is 0 Å². The normalized spacial score (nSPS) is 18.6. The Hall–Kier alpha value is -3.72. The van der Waals surface area contributed by atoms with Crippen molar-refractivity contribution in [1.82, 2.24) is 19.8 Å². The summed E-state index contributed by atoms with van der Waals surface area (Å²) in [5.41, 5.74) is 4.25. The van der Waals surface area contributed by atoms with Crippen molar-refractivity contribution in [2.75, 3.05) is 33.3 Å². The third-order valence-corrected chi connectivity index (χ3v) is 6.84. The number of likely N-dealkylation sites (tertiary alicyclic amines) is 1. The van der Waals surface area contributed by atoms with Gasteiger partial charge in [-0.05, 0) is 60.7 Å². The minimum Gasteiger partial charge on any atom is -0.496 e. The second-order valence-electron chi connectivity index (χ2n) is 8.95. The number of halogens is 1. The fourth-order valence-electron chi connectivity index (χ4n) is 5.03. The highest BCUT2D eigenvalue weighted by molar-refractivity contribution is 5.96. The van der Waals surface area contributed by atoms with Crippen LogP contribution in [0.25, 0.3) is 27.7 Å². The lowest BCUT2D eigenvalue weighted by molar-refractivity contribution is -0.148. The van der Waals surface area contributed by atoms with Gasteiger partial charge in [-0.1, -0.05) is 6.08 Å². The smallest absolute Gasteiger partial charge is 0.326 e. The van der Waals surface area contributed by atoms with Crippen LogP contribution < -0.4 is 4.74 Å². The summed E-state index contributed by atoms with van der Waals surface area (Å²) in [6, 6.07) is 7.62. The molecule has 182 valence electrons. The summed E-state index contributed by atoms with van der Waals surface area (Å²) in [5.74, 6) is -0.814. The molecule has 35 heavy (non-hydrogen) atoms. The molecule has 8 nitrogen and oxygen atoms in total. The van der Waals surface area contributed by atoms with Gasteiger partial charge in [-0.3, -0.25) is 9.69 Å². The SMILES string of the molecule is COc1ccc(F)cc1-c1ccnc2[nH]c(C3=CCN(CC(=O)N4CCC[C@H]4C(=O)O)CC3)cc12. The first-order valence-electron chi connectivity index (χ1n) is 11.7. The first kappa shape index (κ1) is 23.0. The van der Waals surface area contributed by atoms with Crippen LogP contribution in [-0.4, -0.2) is 76.1 Å². The van der Waals surface area contributed by atoms with E-state index in [0.717, 1.165) is 35.1 Å². The molecule has 0 unspecified atom stereocenters. The van der Waals surface area contributed by atoms with Crippen molar-refractivity contribution in [3.05, 3.63) is 54.1 Å². The van der Waals surface area contributed by atoms with Gasteiger partial charge in [0.1, 0.15) is 23.3 Å². The molecule has 9 heteroatoms. The minimum absolute atomic E-state index is 0.129.